The van der Waals surface area contributed by atoms with E-state index in [2.05, 4.69) is 15.9 Å². The van der Waals surface area contributed by atoms with Crippen LogP contribution in [0, 0.1) is 0 Å². The summed E-state index contributed by atoms with van der Waals surface area (Å²) in [7, 11) is 0. The highest BCUT2D eigenvalue weighted by Crippen LogP contribution is 2.16. The standard InChI is InChI=1S/C20H20BrNO3/c21-18-6-1-17(2-7-18)15-25-19-8-3-16(4-9-19)5-10-20(23)22-11-13-24-14-12-22/h1-10H,11-15H2/b10-5+. The molecule has 25 heavy (non-hydrogen) atoms. The molecule has 4 nitrogen and oxygen atoms in total. The Hall–Kier alpha value is -2.11. The lowest BCUT2D eigenvalue weighted by Crippen LogP contribution is -2.39. The summed E-state index contributed by atoms with van der Waals surface area (Å²) in [5.41, 5.74) is 2.08. The van der Waals surface area contributed by atoms with E-state index in [0.29, 0.717) is 32.9 Å². The molecule has 0 unspecified atom stereocenters. The van der Waals surface area contributed by atoms with Crippen LogP contribution in [0.2, 0.25) is 0 Å². The van der Waals surface area contributed by atoms with Crippen molar-refractivity contribution in [1.29, 1.82) is 0 Å². The smallest absolute Gasteiger partial charge is 0.246 e. The molecule has 0 bridgehead atoms. The average Bonchev–Trinajstić information content (AvgIpc) is 2.67. The molecule has 1 saturated heterocycles. The quantitative estimate of drug-likeness (QED) is 0.713. The molecular formula is C20H20BrNO3. The number of carbonyl (C=O) groups excluding carboxylic acids is 1. The van der Waals surface area contributed by atoms with E-state index in [1.807, 2.05) is 54.6 Å². The Labute approximate surface area is 156 Å². The van der Waals surface area contributed by atoms with Gasteiger partial charge in [0.15, 0.2) is 0 Å². The van der Waals surface area contributed by atoms with Gasteiger partial charge in [0.1, 0.15) is 12.4 Å². The summed E-state index contributed by atoms with van der Waals surface area (Å²) >= 11 is 3.42. The molecule has 1 fully saturated rings. The molecule has 1 amide bonds. The summed E-state index contributed by atoms with van der Waals surface area (Å²) in [5.74, 6) is 0.832. The molecule has 1 aliphatic rings. The van der Waals surface area contributed by atoms with E-state index in [4.69, 9.17) is 9.47 Å². The van der Waals surface area contributed by atoms with Crippen LogP contribution in [0.4, 0.5) is 0 Å². The highest BCUT2D eigenvalue weighted by atomic mass is 79.9. The summed E-state index contributed by atoms with van der Waals surface area (Å²) < 4.78 is 12.1. The minimum atomic E-state index is 0.0267. The Kier molecular flexibility index (Phi) is 6.25. The number of morpholine rings is 1. The van der Waals surface area contributed by atoms with Gasteiger partial charge in [0, 0.05) is 23.6 Å². The van der Waals surface area contributed by atoms with Crippen LogP contribution in [-0.2, 0) is 16.1 Å². The Morgan fingerprint density at radius 2 is 1.76 bits per heavy atom. The van der Waals surface area contributed by atoms with Crippen LogP contribution >= 0.6 is 15.9 Å². The zero-order valence-electron chi connectivity index (χ0n) is 13.9. The summed E-state index contributed by atoms with van der Waals surface area (Å²) in [6, 6.07) is 15.8. The number of hydrogen-bond acceptors (Lipinski definition) is 3. The first kappa shape index (κ1) is 17.7. The van der Waals surface area contributed by atoms with E-state index in [1.54, 1.807) is 11.0 Å². The van der Waals surface area contributed by atoms with Crippen molar-refractivity contribution >= 4 is 27.9 Å². The minimum Gasteiger partial charge on any atom is -0.489 e. The second-order valence-corrected chi connectivity index (χ2v) is 6.67. The molecule has 1 aliphatic heterocycles. The van der Waals surface area contributed by atoms with Crippen LogP contribution in [0.1, 0.15) is 11.1 Å². The second-order valence-electron chi connectivity index (χ2n) is 5.76. The molecular weight excluding hydrogens is 382 g/mol. The first-order valence-corrected chi connectivity index (χ1v) is 9.02. The lowest BCUT2D eigenvalue weighted by atomic mass is 10.2. The zero-order valence-corrected chi connectivity index (χ0v) is 15.4. The molecule has 2 aromatic rings. The van der Waals surface area contributed by atoms with Crippen molar-refractivity contribution in [1.82, 2.24) is 4.90 Å². The Balaban J connectivity index is 1.52. The number of hydrogen-bond donors (Lipinski definition) is 0. The molecule has 0 saturated carbocycles. The highest BCUT2D eigenvalue weighted by molar-refractivity contribution is 9.10. The van der Waals surface area contributed by atoms with Crippen LogP contribution in [0.3, 0.4) is 0 Å². The van der Waals surface area contributed by atoms with Gasteiger partial charge < -0.3 is 14.4 Å². The monoisotopic (exact) mass is 401 g/mol. The van der Waals surface area contributed by atoms with Crippen molar-refractivity contribution in [3.8, 4) is 5.75 Å². The summed E-state index contributed by atoms with van der Waals surface area (Å²) in [6.07, 6.45) is 3.44. The molecule has 0 spiro atoms. The van der Waals surface area contributed by atoms with Gasteiger partial charge in [-0.15, -0.1) is 0 Å². The van der Waals surface area contributed by atoms with E-state index in [1.165, 1.54) is 0 Å². The predicted molar refractivity (Wildman–Crippen MR) is 101 cm³/mol. The Morgan fingerprint density at radius 3 is 2.44 bits per heavy atom. The third-order valence-corrected chi connectivity index (χ3v) is 4.47. The van der Waals surface area contributed by atoms with Crippen molar-refractivity contribution in [3.63, 3.8) is 0 Å². The maximum atomic E-state index is 12.1. The van der Waals surface area contributed by atoms with Gasteiger partial charge in [0.2, 0.25) is 5.91 Å². The fraction of sp³-hybridized carbons (Fsp3) is 0.250. The van der Waals surface area contributed by atoms with E-state index < -0.39 is 0 Å². The van der Waals surface area contributed by atoms with Gasteiger partial charge in [0.05, 0.1) is 13.2 Å². The van der Waals surface area contributed by atoms with Gasteiger partial charge in [-0.2, -0.15) is 0 Å². The number of nitrogens with zero attached hydrogens (tertiary/aromatic N) is 1. The Morgan fingerprint density at radius 1 is 1.08 bits per heavy atom. The van der Waals surface area contributed by atoms with Crippen LogP contribution in [-0.4, -0.2) is 37.1 Å². The van der Waals surface area contributed by atoms with Gasteiger partial charge in [0.25, 0.3) is 0 Å². The number of halogens is 1. The first-order valence-electron chi connectivity index (χ1n) is 8.23. The SMILES string of the molecule is O=C(/C=C/c1ccc(OCc2ccc(Br)cc2)cc1)N1CCOCC1. The van der Waals surface area contributed by atoms with Gasteiger partial charge in [-0.25, -0.2) is 0 Å². The maximum absolute atomic E-state index is 12.1. The minimum absolute atomic E-state index is 0.0267. The van der Waals surface area contributed by atoms with Crippen molar-refractivity contribution in [2.24, 2.45) is 0 Å². The van der Waals surface area contributed by atoms with E-state index in [0.717, 1.165) is 21.3 Å². The van der Waals surface area contributed by atoms with Crippen molar-refractivity contribution in [3.05, 3.63) is 70.2 Å². The van der Waals surface area contributed by atoms with Crippen LogP contribution in [0.15, 0.2) is 59.1 Å². The number of ether oxygens (including phenoxy) is 2. The van der Waals surface area contributed by atoms with Gasteiger partial charge in [-0.05, 0) is 41.5 Å². The lowest BCUT2D eigenvalue weighted by Gasteiger charge is -2.25. The third-order valence-electron chi connectivity index (χ3n) is 3.94. The third kappa shape index (κ3) is 5.44. The van der Waals surface area contributed by atoms with Crippen LogP contribution in [0.5, 0.6) is 5.75 Å². The topological polar surface area (TPSA) is 38.8 Å². The number of benzene rings is 2. The molecule has 0 N–H and O–H groups in total. The maximum Gasteiger partial charge on any atom is 0.246 e. The fourth-order valence-corrected chi connectivity index (χ4v) is 2.74. The predicted octanol–water partition coefficient (Wildman–Crippen LogP) is 3.90. The van der Waals surface area contributed by atoms with E-state index in [-0.39, 0.29) is 5.91 Å². The number of amides is 1. The Bertz CT molecular complexity index is 720. The molecule has 130 valence electrons. The van der Waals surface area contributed by atoms with Crippen molar-refractivity contribution in [2.75, 3.05) is 26.3 Å². The van der Waals surface area contributed by atoms with Gasteiger partial charge in [-0.3, -0.25) is 4.79 Å². The van der Waals surface area contributed by atoms with Crippen molar-refractivity contribution < 1.29 is 14.3 Å². The summed E-state index contributed by atoms with van der Waals surface area (Å²) in [6.45, 7) is 3.07. The van der Waals surface area contributed by atoms with Crippen molar-refractivity contribution in [2.45, 2.75) is 6.61 Å². The molecule has 1 heterocycles. The molecule has 0 aromatic heterocycles. The molecule has 0 atom stereocenters. The zero-order chi connectivity index (χ0) is 17.5. The fourth-order valence-electron chi connectivity index (χ4n) is 2.48. The van der Waals surface area contributed by atoms with Gasteiger partial charge >= 0.3 is 0 Å². The average molecular weight is 402 g/mol. The molecule has 0 aliphatic carbocycles. The number of carbonyl (C=O) groups is 1. The normalized spacial score (nSPS) is 14.7. The summed E-state index contributed by atoms with van der Waals surface area (Å²) in [4.78, 5) is 13.9. The van der Waals surface area contributed by atoms with E-state index >= 15 is 0 Å². The first-order chi connectivity index (χ1) is 12.2. The van der Waals surface area contributed by atoms with Gasteiger partial charge in [-0.1, -0.05) is 40.2 Å². The molecule has 3 rings (SSSR count). The van der Waals surface area contributed by atoms with Crippen LogP contribution in [0.25, 0.3) is 6.08 Å². The largest absolute Gasteiger partial charge is 0.489 e. The lowest BCUT2D eigenvalue weighted by molar-refractivity contribution is -0.129. The van der Waals surface area contributed by atoms with E-state index in [9.17, 15) is 4.79 Å². The summed E-state index contributed by atoms with van der Waals surface area (Å²) in [5, 5.41) is 0. The second kappa shape index (κ2) is 8.83. The molecule has 0 radical (unpaired) electrons. The number of rotatable bonds is 5. The van der Waals surface area contributed by atoms with Crippen LogP contribution < -0.4 is 4.74 Å². The highest BCUT2D eigenvalue weighted by Gasteiger charge is 2.13. The molecule has 5 heteroatoms. The molecule has 2 aromatic carbocycles.